The number of piperidine rings is 1. The molecule has 1 unspecified atom stereocenters. The highest BCUT2D eigenvalue weighted by Gasteiger charge is 2.32. The summed E-state index contributed by atoms with van der Waals surface area (Å²) in [6, 6.07) is 3.39. The van der Waals surface area contributed by atoms with Crippen molar-refractivity contribution in [1.82, 2.24) is 9.88 Å². The largest absolute Gasteiger partial charge is 0.353 e. The Morgan fingerprint density at radius 2 is 2.28 bits per heavy atom. The highest BCUT2D eigenvalue weighted by atomic mass is 35.5. The minimum Gasteiger partial charge on any atom is -0.353 e. The molecule has 0 bridgehead atoms. The Morgan fingerprint density at radius 3 is 3.12 bits per heavy atom. The molecule has 2 aromatic rings. The predicted molar refractivity (Wildman–Crippen MR) is 97.6 cm³/mol. The van der Waals surface area contributed by atoms with Gasteiger partial charge in [-0.05, 0) is 42.3 Å². The molecule has 4 nitrogen and oxygen atoms in total. The van der Waals surface area contributed by atoms with Crippen molar-refractivity contribution in [2.75, 3.05) is 24.5 Å². The van der Waals surface area contributed by atoms with Crippen LogP contribution in [0.15, 0.2) is 23.7 Å². The molecule has 0 spiro atoms. The first-order valence-electron chi connectivity index (χ1n) is 8.52. The van der Waals surface area contributed by atoms with Crippen LogP contribution in [0.25, 0.3) is 0 Å². The highest BCUT2D eigenvalue weighted by Crippen LogP contribution is 2.29. The van der Waals surface area contributed by atoms with E-state index >= 15 is 0 Å². The number of hydrogen-bond acceptors (Lipinski definition) is 4. The van der Waals surface area contributed by atoms with Gasteiger partial charge < -0.3 is 9.80 Å². The summed E-state index contributed by atoms with van der Waals surface area (Å²) in [6.45, 7) is 2.69. The van der Waals surface area contributed by atoms with Gasteiger partial charge in [-0.1, -0.05) is 11.6 Å². The van der Waals surface area contributed by atoms with Crippen LogP contribution in [0.2, 0.25) is 5.02 Å². The van der Waals surface area contributed by atoms with Crippen molar-refractivity contribution in [3.05, 3.63) is 45.0 Å². The maximum atomic E-state index is 14.2. The fourth-order valence-corrected chi connectivity index (χ4v) is 4.74. The molecule has 1 atom stereocenters. The van der Waals surface area contributed by atoms with Crippen molar-refractivity contribution < 1.29 is 9.18 Å². The fourth-order valence-electron chi connectivity index (χ4n) is 3.71. The smallest absolute Gasteiger partial charge is 0.227 e. The van der Waals surface area contributed by atoms with Crippen molar-refractivity contribution in [3.63, 3.8) is 0 Å². The Kier molecular flexibility index (Phi) is 4.65. The summed E-state index contributed by atoms with van der Waals surface area (Å²) in [7, 11) is 0. The van der Waals surface area contributed by atoms with E-state index in [1.54, 1.807) is 11.3 Å². The number of aromatic nitrogens is 1. The Hall–Kier alpha value is -1.66. The van der Waals surface area contributed by atoms with E-state index in [2.05, 4.69) is 16.4 Å². The first-order chi connectivity index (χ1) is 12.1. The lowest BCUT2D eigenvalue weighted by Crippen LogP contribution is -2.46. The molecule has 1 fully saturated rings. The zero-order valence-electron chi connectivity index (χ0n) is 13.8. The molecule has 25 heavy (non-hydrogen) atoms. The summed E-state index contributed by atoms with van der Waals surface area (Å²) in [4.78, 5) is 22.3. The van der Waals surface area contributed by atoms with Gasteiger partial charge in [0.1, 0.15) is 0 Å². The minimum atomic E-state index is -0.429. The molecule has 4 heterocycles. The number of halogens is 2. The normalized spacial score (nSPS) is 20.5. The van der Waals surface area contributed by atoms with Crippen molar-refractivity contribution >= 4 is 34.7 Å². The van der Waals surface area contributed by atoms with Crippen LogP contribution >= 0.6 is 22.9 Å². The van der Waals surface area contributed by atoms with Crippen LogP contribution in [0.5, 0.6) is 0 Å². The van der Waals surface area contributed by atoms with E-state index in [-0.39, 0.29) is 16.8 Å². The number of hydrogen-bond donors (Lipinski definition) is 0. The third kappa shape index (κ3) is 3.37. The molecule has 4 rings (SSSR count). The standard InChI is InChI=1S/C18H19ClFN3OS/c19-14-8-15(20)17(21-9-14)22-5-1-2-13(11-22)18(24)23-6-3-16-12(10-23)4-7-25-16/h4,7-9,13H,1-3,5-6,10-11H2. The SMILES string of the molecule is O=C(C1CCCN(c2ncc(Cl)cc2F)C1)N1CCc2sccc2C1. The van der Waals surface area contributed by atoms with Crippen molar-refractivity contribution in [2.45, 2.75) is 25.8 Å². The third-order valence-electron chi connectivity index (χ3n) is 4.98. The van der Waals surface area contributed by atoms with Gasteiger partial charge in [-0.15, -0.1) is 11.3 Å². The first kappa shape index (κ1) is 16.8. The van der Waals surface area contributed by atoms with Crippen LogP contribution in [0.4, 0.5) is 10.2 Å². The van der Waals surface area contributed by atoms with Gasteiger partial charge in [-0.2, -0.15) is 0 Å². The second-order valence-corrected chi connectivity index (χ2v) is 8.06. The molecule has 0 aromatic carbocycles. The van der Waals surface area contributed by atoms with Crippen LogP contribution in [-0.2, 0) is 17.8 Å². The maximum Gasteiger partial charge on any atom is 0.227 e. The number of pyridine rings is 1. The van der Waals surface area contributed by atoms with Crippen molar-refractivity contribution in [3.8, 4) is 0 Å². The average Bonchev–Trinajstić information content (AvgIpc) is 3.09. The third-order valence-corrected chi connectivity index (χ3v) is 6.21. The number of carbonyl (C=O) groups is 1. The predicted octanol–water partition coefficient (Wildman–Crippen LogP) is 3.74. The topological polar surface area (TPSA) is 36.4 Å². The second kappa shape index (κ2) is 6.92. The highest BCUT2D eigenvalue weighted by molar-refractivity contribution is 7.10. The maximum absolute atomic E-state index is 14.2. The number of thiophene rings is 1. The van der Waals surface area contributed by atoms with Gasteiger partial charge in [0.2, 0.25) is 5.91 Å². The Bertz CT molecular complexity index is 796. The lowest BCUT2D eigenvalue weighted by Gasteiger charge is -2.36. The van der Waals surface area contributed by atoms with Crippen LogP contribution in [0.3, 0.4) is 0 Å². The van der Waals surface area contributed by atoms with E-state index in [4.69, 9.17) is 11.6 Å². The van der Waals surface area contributed by atoms with E-state index in [9.17, 15) is 9.18 Å². The van der Waals surface area contributed by atoms with Crippen molar-refractivity contribution in [1.29, 1.82) is 0 Å². The first-order valence-corrected chi connectivity index (χ1v) is 9.77. The number of nitrogens with zero attached hydrogens (tertiary/aromatic N) is 3. The summed E-state index contributed by atoms with van der Waals surface area (Å²) in [5.74, 6) is -0.0658. The summed E-state index contributed by atoms with van der Waals surface area (Å²) < 4.78 is 14.2. The molecule has 0 N–H and O–H groups in total. The number of amides is 1. The molecule has 7 heteroatoms. The van der Waals surface area contributed by atoms with Gasteiger partial charge in [0.05, 0.1) is 10.9 Å². The van der Waals surface area contributed by atoms with E-state index in [1.807, 2.05) is 9.80 Å². The van der Waals surface area contributed by atoms with E-state index in [0.717, 1.165) is 25.8 Å². The molecule has 132 valence electrons. The zero-order chi connectivity index (χ0) is 17.4. The van der Waals surface area contributed by atoms with Crippen LogP contribution in [-0.4, -0.2) is 35.4 Å². The van der Waals surface area contributed by atoms with E-state index < -0.39 is 5.82 Å². The van der Waals surface area contributed by atoms with Gasteiger partial charge in [-0.3, -0.25) is 4.79 Å². The van der Waals surface area contributed by atoms with Crippen LogP contribution in [0, 0.1) is 11.7 Å². The number of carbonyl (C=O) groups excluding carboxylic acids is 1. The summed E-state index contributed by atoms with van der Waals surface area (Å²) in [5, 5.41) is 2.38. The lowest BCUT2D eigenvalue weighted by atomic mass is 9.95. The zero-order valence-corrected chi connectivity index (χ0v) is 15.3. The van der Waals surface area contributed by atoms with Gasteiger partial charge in [0.15, 0.2) is 11.6 Å². The molecule has 2 aliphatic rings. The average molecular weight is 380 g/mol. The quantitative estimate of drug-likeness (QED) is 0.797. The van der Waals surface area contributed by atoms with Crippen molar-refractivity contribution in [2.24, 2.45) is 5.92 Å². The Labute approximate surface area is 155 Å². The van der Waals surface area contributed by atoms with Crippen LogP contribution < -0.4 is 4.90 Å². The summed E-state index contributed by atoms with van der Waals surface area (Å²) in [6.07, 6.45) is 4.09. The Morgan fingerprint density at radius 1 is 1.40 bits per heavy atom. The number of anilines is 1. The summed E-state index contributed by atoms with van der Waals surface area (Å²) in [5.41, 5.74) is 1.27. The molecule has 0 saturated carbocycles. The number of fused-ring (bicyclic) bond motifs is 1. The molecular formula is C18H19ClFN3OS. The molecule has 1 saturated heterocycles. The molecular weight excluding hydrogens is 361 g/mol. The van der Waals surface area contributed by atoms with E-state index in [0.29, 0.717) is 25.5 Å². The monoisotopic (exact) mass is 379 g/mol. The van der Waals surface area contributed by atoms with Crippen LogP contribution in [0.1, 0.15) is 23.3 Å². The Balaban J connectivity index is 1.47. The number of rotatable bonds is 2. The van der Waals surface area contributed by atoms with Gasteiger partial charge in [-0.25, -0.2) is 9.37 Å². The molecule has 2 aliphatic heterocycles. The van der Waals surface area contributed by atoms with Gasteiger partial charge in [0.25, 0.3) is 0 Å². The van der Waals surface area contributed by atoms with Gasteiger partial charge >= 0.3 is 0 Å². The van der Waals surface area contributed by atoms with E-state index in [1.165, 1.54) is 22.7 Å². The van der Waals surface area contributed by atoms with Gasteiger partial charge in [0, 0.05) is 37.3 Å². The minimum absolute atomic E-state index is 0.106. The molecule has 0 radical (unpaired) electrons. The second-order valence-electron chi connectivity index (χ2n) is 6.62. The summed E-state index contributed by atoms with van der Waals surface area (Å²) >= 11 is 7.56. The fraction of sp³-hybridized carbons (Fsp3) is 0.444. The molecule has 1 amide bonds. The molecule has 2 aromatic heterocycles. The lowest BCUT2D eigenvalue weighted by molar-refractivity contribution is -0.136. The molecule has 0 aliphatic carbocycles.